The lowest BCUT2D eigenvalue weighted by Gasteiger charge is -2.19. The van der Waals surface area contributed by atoms with Crippen molar-refractivity contribution >= 4 is 41.8 Å². The van der Waals surface area contributed by atoms with Gasteiger partial charge in [0.05, 0.1) is 12.8 Å². The molecule has 0 aliphatic carbocycles. The van der Waals surface area contributed by atoms with Gasteiger partial charge in [0.15, 0.2) is 5.60 Å². The second kappa shape index (κ2) is 22.6. The van der Waals surface area contributed by atoms with Gasteiger partial charge in [0.2, 0.25) is 0 Å². The van der Waals surface area contributed by atoms with E-state index in [1.54, 1.807) is 0 Å². The lowest BCUT2D eigenvalue weighted by molar-refractivity contribution is -0.174. The number of carboxylic acids is 5. The molecule has 0 aromatic heterocycles. The maximum Gasteiger partial charge on any atom is 0.336 e. The van der Waals surface area contributed by atoms with Gasteiger partial charge in [-0.3, -0.25) is 28.8 Å². The molecule has 0 aliphatic rings. The Morgan fingerprint density at radius 2 is 0.941 bits per heavy atom. The lowest BCUT2D eigenvalue weighted by Crippen LogP contribution is -2.43. The Labute approximate surface area is 196 Å². The third-order valence-corrected chi connectivity index (χ3v) is 2.93. The van der Waals surface area contributed by atoms with Gasteiger partial charge >= 0.3 is 41.8 Å². The number of hydrogen-bond donors (Lipinski definition) is 6. The average Bonchev–Trinajstić information content (AvgIpc) is 2.61. The first kappa shape index (κ1) is 37.7. The van der Waals surface area contributed by atoms with E-state index in [9.17, 15) is 38.7 Å². The molecular weight excluding hydrogens is 464 g/mol. The average molecular weight is 498 g/mol. The third-order valence-electron chi connectivity index (χ3n) is 2.93. The Balaban J connectivity index is -0.000000205. The quantitative estimate of drug-likeness (QED) is 0.174. The van der Waals surface area contributed by atoms with Gasteiger partial charge in [-0.25, -0.2) is 4.79 Å². The van der Waals surface area contributed by atoms with Crippen molar-refractivity contribution in [2.75, 3.05) is 0 Å². The summed E-state index contributed by atoms with van der Waals surface area (Å²) in [5, 5.41) is 50.0. The molecule has 0 aromatic rings. The molecule has 6 N–H and O–H groups in total. The first-order valence-corrected chi connectivity index (χ1v) is 10.0. The number of aliphatic hydroxyl groups is 1. The zero-order valence-corrected chi connectivity index (χ0v) is 19.6. The molecule has 0 amide bonds. The van der Waals surface area contributed by atoms with Crippen molar-refractivity contribution in [3.05, 3.63) is 0 Å². The van der Waals surface area contributed by atoms with Gasteiger partial charge in [0, 0.05) is 26.2 Å². The van der Waals surface area contributed by atoms with E-state index in [-0.39, 0.29) is 0 Å². The lowest BCUT2D eigenvalue weighted by atomic mass is 9.96. The Kier molecular flexibility index (Phi) is 25.1. The van der Waals surface area contributed by atoms with Crippen molar-refractivity contribution < 1.29 is 68.9 Å². The van der Waals surface area contributed by atoms with E-state index in [4.69, 9.17) is 25.5 Å². The molecule has 0 saturated heterocycles. The monoisotopic (exact) mass is 498 g/mol. The molecular formula is C20H34O14. The number of carbonyl (C=O) groups is 7. The van der Waals surface area contributed by atoms with Crippen molar-refractivity contribution in [1.29, 1.82) is 0 Å². The Bertz CT molecular complexity index is 632. The number of carbonyl (C=O) groups excluding carboxylic acids is 2. The van der Waals surface area contributed by atoms with Crippen LogP contribution in [-0.2, 0) is 38.3 Å². The molecule has 0 radical (unpaired) electrons. The summed E-state index contributed by atoms with van der Waals surface area (Å²) in [5.74, 6) is -7.89. The first-order chi connectivity index (χ1) is 15.5. The number of hydrogen-bond acceptors (Lipinski definition) is 9. The van der Waals surface area contributed by atoms with Crippen LogP contribution >= 0.6 is 0 Å². The Morgan fingerprint density at radius 1 is 0.618 bits per heavy atom. The summed E-state index contributed by atoms with van der Waals surface area (Å²) in [6, 6.07) is 0. The van der Waals surface area contributed by atoms with Crippen molar-refractivity contribution in [3.63, 3.8) is 0 Å². The Morgan fingerprint density at radius 3 is 1.09 bits per heavy atom. The van der Waals surface area contributed by atoms with Crippen molar-refractivity contribution in [3.8, 4) is 0 Å². The molecule has 0 heterocycles. The fourth-order valence-electron chi connectivity index (χ4n) is 1.54. The standard InChI is InChI=1S/C8H10O8.3C4H8O2/c1-4(9)16-6(12)3-8(15,7(13)14)2-5(10)11;3*1-2-3-4(5)6/h15H,2-3H2,1H3,(H,10,11)(H,13,14);3*2-3H2,1H3,(H,5,6). The van der Waals surface area contributed by atoms with E-state index in [0.717, 1.165) is 26.2 Å². The van der Waals surface area contributed by atoms with E-state index in [1.807, 2.05) is 20.8 Å². The van der Waals surface area contributed by atoms with Crippen LogP contribution in [0.5, 0.6) is 0 Å². The van der Waals surface area contributed by atoms with Crippen molar-refractivity contribution in [2.45, 2.75) is 84.7 Å². The summed E-state index contributed by atoms with van der Waals surface area (Å²) in [6.07, 6.45) is 0.781. The molecule has 34 heavy (non-hydrogen) atoms. The number of aliphatic carboxylic acids is 5. The van der Waals surface area contributed by atoms with Crippen LogP contribution in [-0.4, -0.2) is 78.0 Å². The Hall–Kier alpha value is -3.55. The van der Waals surface area contributed by atoms with Gasteiger partial charge in [0.1, 0.15) is 0 Å². The van der Waals surface area contributed by atoms with Gasteiger partial charge < -0.3 is 35.4 Å². The summed E-state index contributed by atoms with van der Waals surface area (Å²) in [5.41, 5.74) is -2.78. The minimum absolute atomic E-state index is 0.292. The normalized spacial score (nSPS) is 10.7. The summed E-state index contributed by atoms with van der Waals surface area (Å²) < 4.78 is 3.98. The van der Waals surface area contributed by atoms with Crippen LogP contribution in [0.25, 0.3) is 0 Å². The fourth-order valence-corrected chi connectivity index (χ4v) is 1.54. The van der Waals surface area contributed by atoms with Crippen molar-refractivity contribution in [1.82, 2.24) is 0 Å². The van der Waals surface area contributed by atoms with E-state index in [0.29, 0.717) is 19.3 Å². The molecule has 0 spiro atoms. The van der Waals surface area contributed by atoms with Crippen LogP contribution in [0.4, 0.5) is 0 Å². The molecule has 0 fully saturated rings. The van der Waals surface area contributed by atoms with Crippen LogP contribution in [0.3, 0.4) is 0 Å². The molecule has 0 aromatic carbocycles. The minimum atomic E-state index is -2.78. The van der Waals surface area contributed by atoms with Crippen LogP contribution in [0.15, 0.2) is 0 Å². The molecule has 1 atom stereocenters. The van der Waals surface area contributed by atoms with Gasteiger partial charge in [-0.05, 0) is 19.3 Å². The first-order valence-electron chi connectivity index (χ1n) is 10.0. The number of rotatable bonds is 11. The summed E-state index contributed by atoms with van der Waals surface area (Å²) in [7, 11) is 0. The smallest absolute Gasteiger partial charge is 0.336 e. The van der Waals surface area contributed by atoms with Crippen LogP contribution < -0.4 is 0 Å². The topological polar surface area (TPSA) is 250 Å². The molecule has 1 unspecified atom stereocenters. The molecule has 198 valence electrons. The number of ether oxygens (including phenoxy) is 1. The molecule has 0 aliphatic heterocycles. The molecule has 14 nitrogen and oxygen atoms in total. The van der Waals surface area contributed by atoms with Gasteiger partial charge in [0.25, 0.3) is 0 Å². The summed E-state index contributed by atoms with van der Waals surface area (Å²) >= 11 is 0. The van der Waals surface area contributed by atoms with Crippen LogP contribution in [0.1, 0.15) is 79.1 Å². The summed E-state index contributed by atoms with van der Waals surface area (Å²) in [6.45, 7) is 6.44. The van der Waals surface area contributed by atoms with Crippen LogP contribution in [0.2, 0.25) is 0 Å². The molecule has 0 saturated carbocycles. The molecule has 14 heteroatoms. The van der Waals surface area contributed by atoms with Gasteiger partial charge in [-0.15, -0.1) is 0 Å². The summed E-state index contributed by atoms with van der Waals surface area (Å²) in [4.78, 5) is 70.9. The van der Waals surface area contributed by atoms with E-state index in [2.05, 4.69) is 4.74 Å². The second-order valence-electron chi connectivity index (χ2n) is 6.48. The van der Waals surface area contributed by atoms with Gasteiger partial charge in [-0.2, -0.15) is 0 Å². The maximum atomic E-state index is 10.9. The van der Waals surface area contributed by atoms with Crippen LogP contribution in [0, 0.1) is 0 Å². The second-order valence-corrected chi connectivity index (χ2v) is 6.48. The van der Waals surface area contributed by atoms with E-state index in [1.165, 1.54) is 0 Å². The zero-order valence-electron chi connectivity index (χ0n) is 19.6. The van der Waals surface area contributed by atoms with Gasteiger partial charge in [-0.1, -0.05) is 20.8 Å². The highest BCUT2D eigenvalue weighted by molar-refractivity contribution is 5.91. The fraction of sp³-hybridized carbons (Fsp3) is 0.650. The predicted octanol–water partition coefficient (Wildman–Crippen LogP) is 1.37. The highest BCUT2D eigenvalue weighted by Gasteiger charge is 2.41. The van der Waals surface area contributed by atoms with E-state index >= 15 is 0 Å². The number of carboxylic acid groups (broad SMARTS) is 5. The largest absolute Gasteiger partial charge is 0.481 e. The highest BCUT2D eigenvalue weighted by Crippen LogP contribution is 2.17. The molecule has 0 bridgehead atoms. The number of esters is 2. The predicted molar refractivity (Wildman–Crippen MR) is 114 cm³/mol. The van der Waals surface area contributed by atoms with E-state index < -0.39 is 60.2 Å². The minimum Gasteiger partial charge on any atom is -0.481 e. The highest BCUT2D eigenvalue weighted by atomic mass is 16.6. The maximum absolute atomic E-state index is 10.9. The SMILES string of the molecule is CC(=O)OC(=O)CC(O)(CC(=O)O)C(=O)O.CCCC(=O)O.CCCC(=O)O.CCCC(=O)O. The zero-order chi connectivity index (χ0) is 27.9. The third kappa shape index (κ3) is 33.1. The molecule has 0 rings (SSSR count). The van der Waals surface area contributed by atoms with Crippen molar-refractivity contribution in [2.24, 2.45) is 0 Å².